The summed E-state index contributed by atoms with van der Waals surface area (Å²) in [7, 11) is -3.87. The Bertz CT molecular complexity index is 701. The number of nitrogens with zero attached hydrogens (tertiary/aromatic N) is 1. The average Bonchev–Trinajstić information content (AvgIpc) is 2.47. The molecule has 0 spiro atoms. The van der Waals surface area contributed by atoms with Crippen LogP contribution in [-0.2, 0) is 14.8 Å². The molecule has 1 aromatic rings. The van der Waals surface area contributed by atoms with Crippen LogP contribution >= 0.6 is 0 Å². The fraction of sp³-hybridized carbons (Fsp3) is 0.429. The molecule has 0 saturated carbocycles. The SMILES string of the molecule is CC1CCC(C(=O)O)CN1S(=O)(=O)c1cccc(C(N)=O)c1. The first-order chi connectivity index (χ1) is 10.2. The first kappa shape index (κ1) is 16.4. The Morgan fingerprint density at radius 2 is 2.00 bits per heavy atom. The average molecular weight is 326 g/mol. The Hall–Kier alpha value is -1.93. The van der Waals surface area contributed by atoms with Gasteiger partial charge in [0.05, 0.1) is 10.8 Å². The molecule has 2 rings (SSSR count). The van der Waals surface area contributed by atoms with E-state index in [1.807, 2.05) is 0 Å². The molecule has 0 radical (unpaired) electrons. The van der Waals surface area contributed by atoms with Gasteiger partial charge in [-0.15, -0.1) is 0 Å². The second-order valence-corrected chi connectivity index (χ2v) is 7.32. The van der Waals surface area contributed by atoms with Crippen molar-refractivity contribution in [2.45, 2.75) is 30.7 Å². The Morgan fingerprint density at radius 3 is 2.59 bits per heavy atom. The predicted octanol–water partition coefficient (Wildman–Crippen LogP) is 0.659. The number of nitrogens with two attached hydrogens (primary N) is 1. The standard InChI is InChI=1S/C14H18N2O5S/c1-9-5-6-11(14(18)19)8-16(9)22(20,21)12-4-2-3-10(7-12)13(15)17/h2-4,7,9,11H,5-6,8H2,1H3,(H2,15,17)(H,18,19). The van der Waals surface area contributed by atoms with E-state index in [1.54, 1.807) is 6.92 Å². The molecule has 0 aliphatic carbocycles. The molecule has 1 saturated heterocycles. The van der Waals surface area contributed by atoms with E-state index < -0.39 is 27.8 Å². The number of hydrogen-bond donors (Lipinski definition) is 2. The van der Waals surface area contributed by atoms with Gasteiger partial charge >= 0.3 is 5.97 Å². The lowest BCUT2D eigenvalue weighted by atomic mass is 9.96. The summed E-state index contributed by atoms with van der Waals surface area (Å²) in [5, 5.41) is 9.11. The Morgan fingerprint density at radius 1 is 1.32 bits per heavy atom. The third kappa shape index (κ3) is 3.12. The van der Waals surface area contributed by atoms with Gasteiger partial charge in [0.1, 0.15) is 0 Å². The van der Waals surface area contributed by atoms with Gasteiger partial charge < -0.3 is 10.8 Å². The number of carbonyl (C=O) groups is 2. The molecule has 1 aromatic carbocycles. The van der Waals surface area contributed by atoms with Crippen molar-refractivity contribution in [1.29, 1.82) is 0 Å². The lowest BCUT2D eigenvalue weighted by molar-refractivity contribution is -0.143. The van der Waals surface area contributed by atoms with Crippen LogP contribution in [0.1, 0.15) is 30.1 Å². The van der Waals surface area contributed by atoms with Crippen LogP contribution in [0.3, 0.4) is 0 Å². The van der Waals surface area contributed by atoms with Crippen molar-refractivity contribution in [2.75, 3.05) is 6.54 Å². The Labute approximate surface area is 128 Å². The number of benzene rings is 1. The first-order valence-corrected chi connectivity index (χ1v) is 8.32. The van der Waals surface area contributed by atoms with Crippen LogP contribution in [0.25, 0.3) is 0 Å². The number of amides is 1. The summed E-state index contributed by atoms with van der Waals surface area (Å²) in [4.78, 5) is 22.3. The van der Waals surface area contributed by atoms with Crippen molar-refractivity contribution in [3.63, 3.8) is 0 Å². The van der Waals surface area contributed by atoms with Crippen LogP contribution in [0, 0.1) is 5.92 Å². The van der Waals surface area contributed by atoms with Crippen molar-refractivity contribution < 1.29 is 23.1 Å². The molecule has 8 heteroatoms. The highest BCUT2D eigenvalue weighted by atomic mass is 32.2. The number of rotatable bonds is 4. The summed E-state index contributed by atoms with van der Waals surface area (Å²) in [6.45, 7) is 1.67. The van der Waals surface area contributed by atoms with Crippen molar-refractivity contribution >= 4 is 21.9 Å². The number of carbonyl (C=O) groups excluding carboxylic acids is 1. The monoisotopic (exact) mass is 326 g/mol. The number of piperidine rings is 1. The fourth-order valence-corrected chi connectivity index (χ4v) is 4.31. The largest absolute Gasteiger partial charge is 0.481 e. The van der Waals surface area contributed by atoms with Crippen LogP contribution < -0.4 is 5.73 Å². The quantitative estimate of drug-likeness (QED) is 0.842. The van der Waals surface area contributed by atoms with Crippen LogP contribution in [0.15, 0.2) is 29.2 Å². The summed E-state index contributed by atoms with van der Waals surface area (Å²) in [5.74, 6) is -2.43. The van der Waals surface area contributed by atoms with Gasteiger partial charge in [-0.3, -0.25) is 9.59 Å². The molecule has 0 aromatic heterocycles. The van der Waals surface area contributed by atoms with E-state index in [2.05, 4.69) is 0 Å². The molecule has 1 fully saturated rings. The summed E-state index contributed by atoms with van der Waals surface area (Å²) in [5.41, 5.74) is 5.27. The van der Waals surface area contributed by atoms with Gasteiger partial charge in [-0.05, 0) is 38.0 Å². The minimum atomic E-state index is -3.87. The van der Waals surface area contributed by atoms with Crippen molar-refractivity contribution in [3.8, 4) is 0 Å². The normalized spacial score (nSPS) is 23.1. The number of sulfonamides is 1. The maximum absolute atomic E-state index is 12.7. The predicted molar refractivity (Wildman–Crippen MR) is 78.7 cm³/mol. The Balaban J connectivity index is 2.38. The fourth-order valence-electron chi connectivity index (χ4n) is 2.56. The first-order valence-electron chi connectivity index (χ1n) is 6.88. The van der Waals surface area contributed by atoms with Gasteiger partial charge in [0, 0.05) is 18.2 Å². The van der Waals surface area contributed by atoms with Crippen LogP contribution in [-0.4, -0.2) is 42.3 Å². The van der Waals surface area contributed by atoms with Crippen molar-refractivity contribution in [2.24, 2.45) is 11.7 Å². The van der Waals surface area contributed by atoms with Crippen LogP contribution in [0.2, 0.25) is 0 Å². The minimum Gasteiger partial charge on any atom is -0.481 e. The maximum Gasteiger partial charge on any atom is 0.307 e. The molecule has 2 atom stereocenters. The van der Waals surface area contributed by atoms with E-state index in [0.717, 1.165) is 0 Å². The molecular weight excluding hydrogens is 308 g/mol. The summed E-state index contributed by atoms with van der Waals surface area (Å²) in [6.07, 6.45) is 0.926. The molecule has 120 valence electrons. The summed E-state index contributed by atoms with van der Waals surface area (Å²) >= 11 is 0. The summed E-state index contributed by atoms with van der Waals surface area (Å²) in [6, 6.07) is 5.17. The lowest BCUT2D eigenvalue weighted by Gasteiger charge is -2.35. The summed E-state index contributed by atoms with van der Waals surface area (Å²) < 4.78 is 26.6. The van der Waals surface area contributed by atoms with E-state index in [4.69, 9.17) is 10.8 Å². The van der Waals surface area contributed by atoms with Gasteiger partial charge in [-0.1, -0.05) is 6.07 Å². The maximum atomic E-state index is 12.7. The second-order valence-electron chi connectivity index (χ2n) is 5.43. The van der Waals surface area contributed by atoms with E-state index in [9.17, 15) is 18.0 Å². The van der Waals surface area contributed by atoms with Crippen molar-refractivity contribution in [1.82, 2.24) is 4.31 Å². The molecule has 7 nitrogen and oxygen atoms in total. The van der Waals surface area contributed by atoms with Gasteiger partial charge in [0.2, 0.25) is 15.9 Å². The topological polar surface area (TPSA) is 118 Å². The molecule has 22 heavy (non-hydrogen) atoms. The van der Waals surface area contributed by atoms with Gasteiger partial charge in [0.25, 0.3) is 0 Å². The zero-order valence-corrected chi connectivity index (χ0v) is 12.9. The van der Waals surface area contributed by atoms with E-state index in [-0.39, 0.29) is 23.0 Å². The van der Waals surface area contributed by atoms with Gasteiger partial charge in [-0.2, -0.15) is 4.31 Å². The lowest BCUT2D eigenvalue weighted by Crippen LogP contribution is -2.47. The van der Waals surface area contributed by atoms with Gasteiger partial charge in [0.15, 0.2) is 0 Å². The molecule has 1 amide bonds. The van der Waals surface area contributed by atoms with Crippen LogP contribution in [0.4, 0.5) is 0 Å². The minimum absolute atomic E-state index is 0.0540. The van der Waals surface area contributed by atoms with Gasteiger partial charge in [-0.25, -0.2) is 8.42 Å². The highest BCUT2D eigenvalue weighted by Gasteiger charge is 2.37. The number of hydrogen-bond acceptors (Lipinski definition) is 4. The molecule has 1 aliphatic rings. The number of aliphatic carboxylic acids is 1. The van der Waals surface area contributed by atoms with E-state index in [0.29, 0.717) is 12.8 Å². The zero-order chi connectivity index (χ0) is 16.5. The van der Waals surface area contributed by atoms with Crippen LogP contribution in [0.5, 0.6) is 0 Å². The number of primary amides is 1. The smallest absolute Gasteiger partial charge is 0.307 e. The van der Waals surface area contributed by atoms with Crippen molar-refractivity contribution in [3.05, 3.63) is 29.8 Å². The number of carboxylic acids is 1. The zero-order valence-electron chi connectivity index (χ0n) is 12.1. The molecule has 0 bridgehead atoms. The number of carboxylic acid groups (broad SMARTS) is 1. The van der Waals surface area contributed by atoms with E-state index >= 15 is 0 Å². The van der Waals surface area contributed by atoms with E-state index in [1.165, 1.54) is 28.6 Å². The molecular formula is C14H18N2O5S. The third-order valence-corrected chi connectivity index (χ3v) is 5.88. The Kier molecular flexibility index (Phi) is 4.52. The molecule has 1 heterocycles. The second kappa shape index (κ2) is 6.05. The highest BCUT2D eigenvalue weighted by molar-refractivity contribution is 7.89. The third-order valence-electron chi connectivity index (χ3n) is 3.90. The molecule has 2 unspecified atom stereocenters. The molecule has 3 N–H and O–H groups in total. The highest BCUT2D eigenvalue weighted by Crippen LogP contribution is 2.28. The molecule has 1 aliphatic heterocycles.